The fourth-order valence-corrected chi connectivity index (χ4v) is 9.04. The second-order valence-electron chi connectivity index (χ2n) is 19.2. The Hall–Kier alpha value is -2.65. The van der Waals surface area contributed by atoms with Crippen LogP contribution in [-0.2, 0) is 38.7 Å². The zero-order valence-corrected chi connectivity index (χ0v) is 44.7. The minimum Gasteiger partial charge on any atom is -0.462 e. The van der Waals surface area contributed by atoms with Gasteiger partial charge in [0.05, 0.1) is 6.61 Å². The standard InChI is InChI=1S/C57H100O12S/c1-3-5-7-9-11-13-15-17-19-21-23-24-25-26-28-30-32-34-36-38-40-42-44-46-53(59)68-50(48-67-57-56(62)55(61)54(60)51(69-57)49-70(63,64)65)47-66-52(58)45-43-41-39-37-35-33-31-29-27-22-20-18-16-14-12-10-8-6-4-2/h6,8,12,14,18,20,27,29,33,35,50-51,54-57,60-62H,3-5,7,9-11,13,15-17,19,21-26,28,30-32,34,36-49H2,1-2H3,(H,63,64,65)/b8-6+,14-12+,20-18+,29-27+,35-33+/t50-,51-,54-,55?,56?,57+/m1/s1. The monoisotopic (exact) mass is 1010 g/mol. The summed E-state index contributed by atoms with van der Waals surface area (Å²) in [5, 5.41) is 31.0. The third kappa shape index (κ3) is 39.9. The lowest BCUT2D eigenvalue weighted by molar-refractivity contribution is -0.297. The van der Waals surface area contributed by atoms with Crippen molar-refractivity contribution < 1.29 is 56.8 Å². The molecule has 6 atom stereocenters. The molecule has 0 aromatic heterocycles. The number of rotatable bonds is 47. The first kappa shape index (κ1) is 65.4. The zero-order chi connectivity index (χ0) is 51.2. The maximum absolute atomic E-state index is 12.9. The van der Waals surface area contributed by atoms with Crippen LogP contribution in [0.5, 0.6) is 0 Å². The molecule has 406 valence electrons. The quantitative estimate of drug-likeness (QED) is 0.0196. The molecule has 2 unspecified atom stereocenters. The van der Waals surface area contributed by atoms with Crippen LogP contribution in [-0.4, -0.2) is 96.0 Å². The van der Waals surface area contributed by atoms with Crippen LogP contribution in [0.1, 0.15) is 232 Å². The SMILES string of the molecule is CC/C=C/C/C=C/C/C=C/C/C=C/C/C=C/CCCCCC(=O)OC[C@H](CO[C@H]1O[C@H](CS(=O)(=O)O)[C@@H](O)C(O)C1O)OC(=O)CCCCCCCCCCCCCCCCCCCCCCCCC. The Morgan fingerprint density at radius 1 is 0.500 bits per heavy atom. The highest BCUT2D eigenvalue weighted by molar-refractivity contribution is 7.85. The molecule has 0 amide bonds. The van der Waals surface area contributed by atoms with Crippen LogP contribution in [0.3, 0.4) is 0 Å². The van der Waals surface area contributed by atoms with E-state index in [1.807, 2.05) is 0 Å². The van der Waals surface area contributed by atoms with Gasteiger partial charge in [0.25, 0.3) is 10.1 Å². The van der Waals surface area contributed by atoms with Gasteiger partial charge in [-0.1, -0.05) is 222 Å². The van der Waals surface area contributed by atoms with Gasteiger partial charge >= 0.3 is 11.9 Å². The Labute approximate surface area is 426 Å². The maximum atomic E-state index is 12.9. The first-order chi connectivity index (χ1) is 34.0. The van der Waals surface area contributed by atoms with E-state index < -0.39 is 71.2 Å². The van der Waals surface area contributed by atoms with Crippen molar-refractivity contribution in [3.63, 3.8) is 0 Å². The van der Waals surface area contributed by atoms with Crippen molar-refractivity contribution in [1.82, 2.24) is 0 Å². The minimum absolute atomic E-state index is 0.158. The smallest absolute Gasteiger partial charge is 0.306 e. The van der Waals surface area contributed by atoms with Gasteiger partial charge in [-0.05, 0) is 57.8 Å². The van der Waals surface area contributed by atoms with Crippen molar-refractivity contribution in [3.05, 3.63) is 60.8 Å². The number of unbranched alkanes of at least 4 members (excludes halogenated alkanes) is 25. The first-order valence-electron chi connectivity index (χ1n) is 27.8. The van der Waals surface area contributed by atoms with Gasteiger partial charge < -0.3 is 34.3 Å². The molecule has 0 aromatic carbocycles. The Morgan fingerprint density at radius 2 is 0.900 bits per heavy atom. The maximum Gasteiger partial charge on any atom is 0.306 e. The van der Waals surface area contributed by atoms with E-state index in [2.05, 4.69) is 74.6 Å². The van der Waals surface area contributed by atoms with Crippen LogP contribution in [0.2, 0.25) is 0 Å². The third-order valence-electron chi connectivity index (χ3n) is 12.6. The predicted octanol–water partition coefficient (Wildman–Crippen LogP) is 13.2. The van der Waals surface area contributed by atoms with Crippen molar-refractivity contribution in [2.75, 3.05) is 19.0 Å². The summed E-state index contributed by atoms with van der Waals surface area (Å²) in [5.74, 6) is -2.02. The van der Waals surface area contributed by atoms with Crippen LogP contribution >= 0.6 is 0 Å². The minimum atomic E-state index is -4.61. The number of hydrogen-bond acceptors (Lipinski definition) is 11. The van der Waals surface area contributed by atoms with Crippen molar-refractivity contribution >= 4 is 22.1 Å². The molecule has 0 spiro atoms. The first-order valence-corrected chi connectivity index (χ1v) is 29.5. The lowest BCUT2D eigenvalue weighted by Crippen LogP contribution is -2.60. The van der Waals surface area contributed by atoms with Crippen molar-refractivity contribution in [2.24, 2.45) is 0 Å². The van der Waals surface area contributed by atoms with Crippen LogP contribution in [0.25, 0.3) is 0 Å². The number of carbonyl (C=O) groups excluding carboxylic acids is 2. The van der Waals surface area contributed by atoms with Crippen molar-refractivity contribution in [2.45, 2.75) is 269 Å². The van der Waals surface area contributed by atoms with Gasteiger partial charge in [-0.25, -0.2) is 0 Å². The Bertz CT molecular complexity index is 1510. The van der Waals surface area contributed by atoms with Crippen LogP contribution in [0.4, 0.5) is 0 Å². The Balaban J connectivity index is 2.34. The molecule has 13 heteroatoms. The summed E-state index contributed by atoms with van der Waals surface area (Å²) in [5.41, 5.74) is 0. The van der Waals surface area contributed by atoms with E-state index in [9.17, 15) is 37.9 Å². The summed E-state index contributed by atoms with van der Waals surface area (Å²) in [6, 6.07) is 0. The molecule has 1 rings (SSSR count). The van der Waals surface area contributed by atoms with Crippen molar-refractivity contribution in [3.8, 4) is 0 Å². The summed E-state index contributed by atoms with van der Waals surface area (Å²) in [7, 11) is -4.61. The van der Waals surface area contributed by atoms with E-state index in [1.165, 1.54) is 122 Å². The number of aliphatic hydroxyl groups is 3. The fourth-order valence-electron chi connectivity index (χ4n) is 8.35. The molecular formula is C57H100O12S. The Kier molecular flexibility index (Phi) is 43.1. The topological polar surface area (TPSA) is 186 Å². The number of ether oxygens (including phenoxy) is 4. The summed E-state index contributed by atoms with van der Waals surface area (Å²) in [4.78, 5) is 25.6. The molecule has 1 aliphatic heterocycles. The van der Waals surface area contributed by atoms with Crippen molar-refractivity contribution in [1.29, 1.82) is 0 Å². The van der Waals surface area contributed by atoms with Crippen LogP contribution in [0.15, 0.2) is 60.8 Å². The molecule has 0 saturated carbocycles. The number of allylic oxidation sites excluding steroid dienone is 10. The summed E-state index contributed by atoms with van der Waals surface area (Å²) in [6.07, 6.45) is 49.8. The highest BCUT2D eigenvalue weighted by Gasteiger charge is 2.46. The fraction of sp³-hybridized carbons (Fsp3) is 0.789. The van der Waals surface area contributed by atoms with Gasteiger partial charge in [0.2, 0.25) is 0 Å². The van der Waals surface area contributed by atoms with Gasteiger partial charge in [0, 0.05) is 12.8 Å². The lowest BCUT2D eigenvalue weighted by Gasteiger charge is -2.40. The normalized spacial score (nSPS) is 19.4. The lowest BCUT2D eigenvalue weighted by atomic mass is 10.00. The zero-order valence-electron chi connectivity index (χ0n) is 43.9. The highest BCUT2D eigenvalue weighted by atomic mass is 32.2. The molecule has 1 heterocycles. The molecule has 1 saturated heterocycles. The molecule has 70 heavy (non-hydrogen) atoms. The summed E-state index contributed by atoms with van der Waals surface area (Å²) in [6.45, 7) is 3.66. The second-order valence-corrected chi connectivity index (χ2v) is 20.7. The van der Waals surface area contributed by atoms with Gasteiger partial charge in [-0.2, -0.15) is 8.42 Å². The van der Waals surface area contributed by atoms with E-state index in [4.69, 9.17) is 18.9 Å². The second kappa shape index (κ2) is 46.2. The van der Waals surface area contributed by atoms with Gasteiger partial charge in [0.1, 0.15) is 36.8 Å². The third-order valence-corrected chi connectivity index (χ3v) is 13.4. The molecule has 0 aromatic rings. The average Bonchev–Trinajstić information content (AvgIpc) is 3.33. The number of carbonyl (C=O) groups is 2. The number of esters is 2. The van der Waals surface area contributed by atoms with Gasteiger partial charge in [-0.15, -0.1) is 0 Å². The molecule has 4 N–H and O–H groups in total. The summed E-state index contributed by atoms with van der Waals surface area (Å²) < 4.78 is 54.3. The van der Waals surface area contributed by atoms with E-state index in [-0.39, 0.29) is 19.4 Å². The largest absolute Gasteiger partial charge is 0.462 e. The molecular weight excluding hydrogens is 909 g/mol. The van der Waals surface area contributed by atoms with Gasteiger partial charge in [-0.3, -0.25) is 14.1 Å². The number of hydrogen-bond donors (Lipinski definition) is 4. The Morgan fingerprint density at radius 3 is 1.34 bits per heavy atom. The molecule has 12 nitrogen and oxygen atoms in total. The van der Waals surface area contributed by atoms with E-state index >= 15 is 0 Å². The van der Waals surface area contributed by atoms with Gasteiger partial charge in [0.15, 0.2) is 12.4 Å². The van der Waals surface area contributed by atoms with E-state index in [1.54, 1.807) is 0 Å². The molecule has 0 bridgehead atoms. The molecule has 0 aliphatic carbocycles. The highest BCUT2D eigenvalue weighted by Crippen LogP contribution is 2.24. The average molecular weight is 1010 g/mol. The van der Waals surface area contributed by atoms with Crippen LogP contribution < -0.4 is 0 Å². The predicted molar refractivity (Wildman–Crippen MR) is 284 cm³/mol. The van der Waals surface area contributed by atoms with E-state index in [0.29, 0.717) is 12.8 Å². The molecule has 0 radical (unpaired) electrons. The molecule has 1 aliphatic rings. The summed E-state index contributed by atoms with van der Waals surface area (Å²) >= 11 is 0. The van der Waals surface area contributed by atoms with Crippen LogP contribution in [0, 0.1) is 0 Å². The van der Waals surface area contributed by atoms with E-state index in [0.717, 1.165) is 70.6 Å². The molecule has 1 fully saturated rings. The number of aliphatic hydroxyl groups excluding tert-OH is 3.